The summed E-state index contributed by atoms with van der Waals surface area (Å²) in [6.07, 6.45) is -13.4. The van der Waals surface area contributed by atoms with E-state index >= 15 is 0 Å². The SMILES string of the molecule is [CH2]Cc1c(C(F)(F)C(F)(F)F)cccc1C(F)(F)C(F)(F)F. The molecule has 0 fully saturated rings. The highest BCUT2D eigenvalue weighted by atomic mass is 19.4. The van der Waals surface area contributed by atoms with E-state index in [1.807, 2.05) is 0 Å². The van der Waals surface area contributed by atoms with Crippen molar-refractivity contribution in [1.29, 1.82) is 0 Å². The van der Waals surface area contributed by atoms with Gasteiger partial charge in [0.15, 0.2) is 0 Å². The van der Waals surface area contributed by atoms with Crippen molar-refractivity contribution >= 4 is 0 Å². The van der Waals surface area contributed by atoms with Crippen LogP contribution >= 0.6 is 0 Å². The number of hydrogen-bond donors (Lipinski definition) is 0. The zero-order valence-electron chi connectivity index (χ0n) is 10.4. The van der Waals surface area contributed by atoms with Crippen molar-refractivity contribution in [1.82, 2.24) is 0 Å². The third-order valence-electron chi connectivity index (χ3n) is 2.81. The number of rotatable bonds is 3. The maximum absolute atomic E-state index is 13.3. The number of hydrogen-bond acceptors (Lipinski definition) is 0. The first-order chi connectivity index (χ1) is 9.68. The summed E-state index contributed by atoms with van der Waals surface area (Å²) in [5.41, 5.74) is -5.44. The lowest BCUT2D eigenvalue weighted by Crippen LogP contribution is -2.38. The van der Waals surface area contributed by atoms with Gasteiger partial charge < -0.3 is 0 Å². The Hall–Kier alpha value is -1.48. The molecule has 0 saturated carbocycles. The lowest BCUT2D eigenvalue weighted by atomic mass is 9.91. The minimum absolute atomic E-state index is 0.143. The van der Waals surface area contributed by atoms with Crippen molar-refractivity contribution in [2.24, 2.45) is 0 Å². The van der Waals surface area contributed by atoms with Crippen LogP contribution in [-0.4, -0.2) is 12.4 Å². The zero-order chi connectivity index (χ0) is 17.6. The molecule has 125 valence electrons. The highest BCUT2D eigenvalue weighted by Crippen LogP contribution is 2.50. The van der Waals surface area contributed by atoms with Gasteiger partial charge in [-0.3, -0.25) is 0 Å². The van der Waals surface area contributed by atoms with Gasteiger partial charge in [-0.15, -0.1) is 0 Å². The number of benzene rings is 1. The second-order valence-electron chi connectivity index (χ2n) is 4.23. The van der Waals surface area contributed by atoms with E-state index in [1.54, 1.807) is 0 Å². The summed E-state index contributed by atoms with van der Waals surface area (Å²) in [6.45, 7) is 2.87. The van der Waals surface area contributed by atoms with Crippen LogP contribution in [0.2, 0.25) is 0 Å². The minimum atomic E-state index is -6.15. The second kappa shape index (κ2) is 5.31. The van der Waals surface area contributed by atoms with Crippen LogP contribution in [0.15, 0.2) is 18.2 Å². The van der Waals surface area contributed by atoms with Crippen LogP contribution in [0, 0.1) is 6.92 Å². The Bertz CT molecular complexity index is 494. The van der Waals surface area contributed by atoms with Gasteiger partial charge in [0, 0.05) is 11.1 Å². The molecule has 0 spiro atoms. The second-order valence-corrected chi connectivity index (χ2v) is 4.23. The smallest absolute Gasteiger partial charge is 0.191 e. The minimum Gasteiger partial charge on any atom is -0.191 e. The van der Waals surface area contributed by atoms with Crippen LogP contribution < -0.4 is 0 Å². The Morgan fingerprint density at radius 3 is 1.23 bits per heavy atom. The summed E-state index contributed by atoms with van der Waals surface area (Å²) in [6, 6.07) is 0.567. The first-order valence-corrected chi connectivity index (χ1v) is 5.49. The molecule has 0 saturated heterocycles. The Labute approximate surface area is 117 Å². The fourth-order valence-corrected chi connectivity index (χ4v) is 1.75. The van der Waals surface area contributed by atoms with Crippen LogP contribution in [0.1, 0.15) is 16.7 Å². The fraction of sp³-hybridized carbons (Fsp3) is 0.417. The number of alkyl halides is 10. The van der Waals surface area contributed by atoms with E-state index in [0.29, 0.717) is 0 Å². The van der Waals surface area contributed by atoms with Crippen LogP contribution in [0.5, 0.6) is 0 Å². The predicted molar refractivity (Wildman–Crippen MR) is 55.4 cm³/mol. The van der Waals surface area contributed by atoms with Gasteiger partial charge >= 0.3 is 24.2 Å². The molecule has 0 aliphatic heterocycles. The third-order valence-corrected chi connectivity index (χ3v) is 2.81. The molecule has 1 aromatic carbocycles. The average molecular weight is 341 g/mol. The lowest BCUT2D eigenvalue weighted by Gasteiger charge is -2.27. The molecule has 1 aromatic rings. The topological polar surface area (TPSA) is 0 Å². The van der Waals surface area contributed by atoms with E-state index in [1.165, 1.54) is 0 Å². The Morgan fingerprint density at radius 1 is 0.682 bits per heavy atom. The molecule has 22 heavy (non-hydrogen) atoms. The predicted octanol–water partition coefficient (Wildman–Crippen LogP) is 5.37. The molecule has 0 nitrogen and oxygen atoms in total. The van der Waals surface area contributed by atoms with Gasteiger partial charge in [0.25, 0.3) is 0 Å². The van der Waals surface area contributed by atoms with Gasteiger partial charge in [-0.2, -0.15) is 43.9 Å². The molecule has 0 amide bonds. The first-order valence-electron chi connectivity index (χ1n) is 5.49. The van der Waals surface area contributed by atoms with Crippen molar-refractivity contribution in [2.75, 3.05) is 0 Å². The molecule has 0 aromatic heterocycles. The molecule has 0 unspecified atom stereocenters. The van der Waals surface area contributed by atoms with Crippen molar-refractivity contribution in [3.63, 3.8) is 0 Å². The van der Waals surface area contributed by atoms with Gasteiger partial charge in [-0.25, -0.2) is 0 Å². The van der Waals surface area contributed by atoms with Crippen LogP contribution in [0.4, 0.5) is 43.9 Å². The summed E-state index contributed by atoms with van der Waals surface area (Å²) >= 11 is 0. The van der Waals surface area contributed by atoms with E-state index in [4.69, 9.17) is 0 Å². The van der Waals surface area contributed by atoms with Crippen molar-refractivity contribution in [2.45, 2.75) is 30.6 Å². The van der Waals surface area contributed by atoms with Crippen LogP contribution in [-0.2, 0) is 18.3 Å². The van der Waals surface area contributed by atoms with E-state index in [2.05, 4.69) is 6.92 Å². The fourth-order valence-electron chi connectivity index (χ4n) is 1.75. The summed E-state index contributed by atoms with van der Waals surface area (Å²) in [4.78, 5) is 0. The normalized spacial score (nSPS) is 14.3. The van der Waals surface area contributed by atoms with Crippen LogP contribution in [0.3, 0.4) is 0 Å². The molecule has 0 aliphatic carbocycles. The Balaban J connectivity index is 3.66. The molecule has 0 N–H and O–H groups in total. The van der Waals surface area contributed by atoms with Crippen molar-refractivity contribution in [3.05, 3.63) is 41.8 Å². The third kappa shape index (κ3) is 2.87. The molecular weight excluding hydrogens is 334 g/mol. The summed E-state index contributed by atoms with van der Waals surface area (Å²) in [5, 5.41) is 0. The van der Waals surface area contributed by atoms with E-state index in [9.17, 15) is 43.9 Å². The van der Waals surface area contributed by atoms with Crippen molar-refractivity contribution < 1.29 is 43.9 Å². The average Bonchev–Trinajstić information content (AvgIpc) is 2.34. The summed E-state index contributed by atoms with van der Waals surface area (Å²) in [7, 11) is 0. The van der Waals surface area contributed by atoms with Gasteiger partial charge in [-0.1, -0.05) is 18.2 Å². The highest BCUT2D eigenvalue weighted by molar-refractivity contribution is 5.42. The largest absolute Gasteiger partial charge is 0.458 e. The van der Waals surface area contributed by atoms with Gasteiger partial charge in [0.05, 0.1) is 0 Å². The van der Waals surface area contributed by atoms with E-state index < -0.39 is 47.3 Å². The molecule has 0 atom stereocenters. The van der Waals surface area contributed by atoms with Gasteiger partial charge in [-0.05, 0) is 18.9 Å². The maximum Gasteiger partial charge on any atom is 0.458 e. The van der Waals surface area contributed by atoms with Gasteiger partial charge in [0.2, 0.25) is 0 Å². The molecule has 10 heteroatoms. The first kappa shape index (κ1) is 18.6. The highest BCUT2D eigenvalue weighted by Gasteiger charge is 2.62. The van der Waals surface area contributed by atoms with Crippen molar-refractivity contribution in [3.8, 4) is 0 Å². The molecule has 1 radical (unpaired) electrons. The lowest BCUT2D eigenvalue weighted by molar-refractivity contribution is -0.292. The van der Waals surface area contributed by atoms with Crippen LogP contribution in [0.25, 0.3) is 0 Å². The Morgan fingerprint density at radius 2 is 1.00 bits per heavy atom. The molecule has 1 rings (SSSR count). The summed E-state index contributed by atoms with van der Waals surface area (Å²) < 4.78 is 127. The van der Waals surface area contributed by atoms with Gasteiger partial charge in [0.1, 0.15) is 0 Å². The standard InChI is InChI=1S/C12H7F10/c1-2-6-7(9(13,14)11(17,18)19)4-3-5-8(6)10(15,16)12(20,21)22/h3-5H,1-2H2. The molecule has 0 bridgehead atoms. The molecule has 0 heterocycles. The zero-order valence-corrected chi connectivity index (χ0v) is 10.4. The summed E-state index contributed by atoms with van der Waals surface area (Å²) in [5.74, 6) is -11.2. The molecular formula is C12H7F10. The maximum atomic E-state index is 13.3. The van der Waals surface area contributed by atoms with E-state index in [0.717, 1.165) is 0 Å². The monoisotopic (exact) mass is 341 g/mol. The Kier molecular flexibility index (Phi) is 4.48. The number of halogens is 10. The quantitative estimate of drug-likeness (QED) is 0.648. The van der Waals surface area contributed by atoms with E-state index in [-0.39, 0.29) is 18.2 Å². The molecule has 0 aliphatic rings.